The van der Waals surface area contributed by atoms with E-state index in [1.54, 1.807) is 0 Å². The molecule has 2 heterocycles. The molecule has 2 aliphatic heterocycles. The van der Waals surface area contributed by atoms with Gasteiger partial charge in [-0.2, -0.15) is 0 Å². The van der Waals surface area contributed by atoms with Crippen molar-refractivity contribution in [2.24, 2.45) is 25.7 Å². The molecule has 0 aromatic carbocycles. The summed E-state index contributed by atoms with van der Waals surface area (Å²) < 4.78 is 0. The van der Waals surface area contributed by atoms with E-state index in [2.05, 4.69) is 20.0 Å². The number of nitrogens with two attached hydrogens (primary N) is 1. The number of hydrogen-bond acceptors (Lipinski definition) is 5. The van der Waals surface area contributed by atoms with Gasteiger partial charge in [-0.05, 0) is 0 Å². The fourth-order valence-corrected chi connectivity index (χ4v) is 1.09. The van der Waals surface area contributed by atoms with Gasteiger partial charge >= 0.3 is 0 Å². The molecule has 2 rings (SSSR count). The molecule has 2 N–H and O–H groups in total. The maximum Gasteiger partial charge on any atom is 0.252 e. The first-order chi connectivity index (χ1) is 5.22. The molecule has 0 spiro atoms. The van der Waals surface area contributed by atoms with Crippen LogP contribution in [0.3, 0.4) is 0 Å². The average molecular weight is 170 g/mol. The third-order valence-electron chi connectivity index (χ3n) is 1.41. The summed E-state index contributed by atoms with van der Waals surface area (Å²) in [7, 11) is 0. The summed E-state index contributed by atoms with van der Waals surface area (Å²) >= 11 is 5.68. The lowest BCUT2D eigenvalue weighted by Crippen LogP contribution is -2.46. The number of aliphatic imine (C=N–C) groups is 4. The Balaban J connectivity index is 2.53. The lowest BCUT2D eigenvalue weighted by Gasteiger charge is -2.18. The summed E-state index contributed by atoms with van der Waals surface area (Å²) in [6.45, 7) is 0. The van der Waals surface area contributed by atoms with E-state index in [0.717, 1.165) is 0 Å². The molecule has 0 saturated heterocycles. The molecule has 1 atom stereocenters. The summed E-state index contributed by atoms with van der Waals surface area (Å²) in [5.41, 5.74) is 6.07. The Hall–Kier alpha value is -1.07. The largest absolute Gasteiger partial charge is 0.283 e. The average Bonchev–Trinajstić information content (AvgIpc) is 2.31. The van der Waals surface area contributed by atoms with Crippen LogP contribution in [0, 0.1) is 0 Å². The van der Waals surface area contributed by atoms with E-state index >= 15 is 0 Å². The predicted molar refractivity (Wildman–Crippen MR) is 44.6 cm³/mol. The molecule has 5 nitrogen and oxygen atoms in total. The van der Waals surface area contributed by atoms with Gasteiger partial charge in [0, 0.05) is 0 Å². The molecular weight excluding hydrogens is 166 g/mol. The van der Waals surface area contributed by atoms with Crippen molar-refractivity contribution >= 4 is 35.2 Å². The van der Waals surface area contributed by atoms with Gasteiger partial charge in [0.15, 0.2) is 5.17 Å². The quantitative estimate of drug-likeness (QED) is 0.534. The maximum absolute atomic E-state index is 5.68. The zero-order valence-corrected chi connectivity index (χ0v) is 6.15. The zero-order valence-electron chi connectivity index (χ0n) is 5.40. The van der Waals surface area contributed by atoms with Crippen LogP contribution in [0.25, 0.3) is 0 Å². The predicted octanol–water partition coefficient (Wildman–Crippen LogP) is -0.239. The van der Waals surface area contributed by atoms with Crippen molar-refractivity contribution in [1.82, 2.24) is 0 Å². The fourth-order valence-electron chi connectivity index (χ4n) is 0.859. The van der Waals surface area contributed by atoms with Crippen molar-refractivity contribution in [2.75, 3.05) is 0 Å². The van der Waals surface area contributed by atoms with Gasteiger partial charge < -0.3 is 0 Å². The van der Waals surface area contributed by atoms with Crippen molar-refractivity contribution in [3.8, 4) is 0 Å². The van der Waals surface area contributed by atoms with Crippen LogP contribution in [0.4, 0.5) is 0 Å². The zero-order chi connectivity index (χ0) is 7.90. The van der Waals surface area contributed by atoms with Gasteiger partial charge in [-0.1, -0.05) is 11.6 Å². The normalized spacial score (nSPS) is 33.3. The minimum atomic E-state index is -1.11. The minimum Gasteiger partial charge on any atom is -0.283 e. The molecule has 0 fully saturated rings. The van der Waals surface area contributed by atoms with E-state index in [9.17, 15) is 0 Å². The number of halogens is 1. The van der Waals surface area contributed by atoms with Crippen LogP contribution in [0.2, 0.25) is 0 Å². The van der Waals surface area contributed by atoms with Crippen molar-refractivity contribution in [3.05, 3.63) is 0 Å². The van der Waals surface area contributed by atoms with Crippen molar-refractivity contribution in [2.45, 2.75) is 5.79 Å². The molecule has 0 radical (unpaired) electrons. The number of rotatable bonds is 0. The molecule has 6 heteroatoms. The standard InChI is InChI=1S/C5H4ClN5/c6-4-3-5(7,10-1-8-3)11-2-9-4/h1-2H,7H2. The van der Waals surface area contributed by atoms with Crippen LogP contribution >= 0.6 is 11.6 Å². The van der Waals surface area contributed by atoms with Gasteiger partial charge in [0.1, 0.15) is 18.4 Å². The Bertz CT molecular complexity index is 315. The van der Waals surface area contributed by atoms with Crippen molar-refractivity contribution < 1.29 is 0 Å². The van der Waals surface area contributed by atoms with E-state index in [1.807, 2.05) is 0 Å². The second-order valence-electron chi connectivity index (χ2n) is 2.11. The maximum atomic E-state index is 5.68. The van der Waals surface area contributed by atoms with E-state index in [-0.39, 0.29) is 5.17 Å². The Kier molecular flexibility index (Phi) is 1.18. The molecule has 0 bridgehead atoms. The number of fused-ring (bicyclic) bond motifs is 1. The first kappa shape index (κ1) is 6.63. The smallest absolute Gasteiger partial charge is 0.252 e. The highest BCUT2D eigenvalue weighted by Gasteiger charge is 2.37. The lowest BCUT2D eigenvalue weighted by molar-refractivity contribution is 0.650. The van der Waals surface area contributed by atoms with E-state index in [1.165, 1.54) is 12.7 Å². The third-order valence-corrected chi connectivity index (χ3v) is 1.69. The van der Waals surface area contributed by atoms with Crippen LogP contribution in [0.15, 0.2) is 20.0 Å². The molecule has 0 saturated carbocycles. The Morgan fingerprint density at radius 1 is 1.27 bits per heavy atom. The molecule has 56 valence electrons. The minimum absolute atomic E-state index is 0.250. The van der Waals surface area contributed by atoms with Gasteiger partial charge in [0.05, 0.1) is 0 Å². The molecule has 0 aromatic rings. The Labute approximate surface area is 67.4 Å². The van der Waals surface area contributed by atoms with Gasteiger partial charge in [-0.3, -0.25) is 5.73 Å². The second-order valence-corrected chi connectivity index (χ2v) is 2.47. The molecule has 0 aliphatic carbocycles. The molecular formula is C5H4ClN5. The summed E-state index contributed by atoms with van der Waals surface area (Å²) in [5, 5.41) is 0.250. The van der Waals surface area contributed by atoms with Crippen LogP contribution in [0.5, 0.6) is 0 Å². The first-order valence-corrected chi connectivity index (χ1v) is 3.28. The van der Waals surface area contributed by atoms with Crippen LogP contribution < -0.4 is 5.73 Å². The third kappa shape index (κ3) is 0.816. The first-order valence-electron chi connectivity index (χ1n) is 2.90. The lowest BCUT2D eigenvalue weighted by atomic mass is 10.2. The fraction of sp³-hybridized carbons (Fsp3) is 0.200. The SMILES string of the molecule is NC12N=CN=C(Cl)C1=NC=N2. The van der Waals surface area contributed by atoms with Gasteiger partial charge in [0.2, 0.25) is 0 Å². The summed E-state index contributed by atoms with van der Waals surface area (Å²) in [5.74, 6) is -1.11. The monoisotopic (exact) mass is 169 g/mol. The highest BCUT2D eigenvalue weighted by Crippen LogP contribution is 2.17. The highest BCUT2D eigenvalue weighted by molar-refractivity contribution is 6.85. The molecule has 0 aromatic heterocycles. The van der Waals surface area contributed by atoms with Crippen molar-refractivity contribution in [3.63, 3.8) is 0 Å². The topological polar surface area (TPSA) is 75.5 Å². The van der Waals surface area contributed by atoms with Crippen LogP contribution in [0.1, 0.15) is 0 Å². The summed E-state index contributed by atoms with van der Waals surface area (Å²) in [6, 6.07) is 0. The van der Waals surface area contributed by atoms with Crippen molar-refractivity contribution in [1.29, 1.82) is 0 Å². The summed E-state index contributed by atoms with van der Waals surface area (Å²) in [4.78, 5) is 15.2. The van der Waals surface area contributed by atoms with Gasteiger partial charge in [0.25, 0.3) is 5.79 Å². The van der Waals surface area contributed by atoms with Crippen LogP contribution in [-0.4, -0.2) is 29.3 Å². The van der Waals surface area contributed by atoms with Gasteiger partial charge in [-0.15, -0.1) is 0 Å². The molecule has 0 amide bonds. The highest BCUT2D eigenvalue weighted by atomic mass is 35.5. The molecule has 11 heavy (non-hydrogen) atoms. The Morgan fingerprint density at radius 2 is 1.91 bits per heavy atom. The molecule has 1 unspecified atom stereocenters. The summed E-state index contributed by atoms with van der Waals surface area (Å²) in [6.07, 6.45) is 2.61. The van der Waals surface area contributed by atoms with Gasteiger partial charge in [-0.25, -0.2) is 20.0 Å². The van der Waals surface area contributed by atoms with Crippen LogP contribution in [-0.2, 0) is 0 Å². The molecule has 2 aliphatic rings. The van der Waals surface area contributed by atoms with E-state index < -0.39 is 5.79 Å². The number of nitrogens with zero attached hydrogens (tertiary/aromatic N) is 4. The van der Waals surface area contributed by atoms with E-state index in [4.69, 9.17) is 17.3 Å². The Morgan fingerprint density at radius 3 is 2.55 bits per heavy atom. The van der Waals surface area contributed by atoms with E-state index in [0.29, 0.717) is 5.71 Å². The number of hydrogen-bond donors (Lipinski definition) is 1. The second kappa shape index (κ2) is 1.96.